The van der Waals surface area contributed by atoms with Gasteiger partial charge in [0.05, 0.1) is 17.3 Å². The van der Waals surface area contributed by atoms with Gasteiger partial charge in [-0.25, -0.2) is 13.8 Å². The van der Waals surface area contributed by atoms with Crippen LogP contribution in [0.5, 0.6) is 0 Å². The van der Waals surface area contributed by atoms with Crippen LogP contribution in [0.3, 0.4) is 0 Å². The van der Waals surface area contributed by atoms with Crippen molar-refractivity contribution in [2.24, 2.45) is 11.3 Å². The highest BCUT2D eigenvalue weighted by molar-refractivity contribution is 6.28. The van der Waals surface area contributed by atoms with Gasteiger partial charge in [0.25, 0.3) is 11.8 Å². The quantitative estimate of drug-likeness (QED) is 0.289. The molecular formula is C30H37F2N5O4. The fourth-order valence-corrected chi connectivity index (χ4v) is 5.74. The molecule has 220 valence electrons. The van der Waals surface area contributed by atoms with E-state index in [4.69, 9.17) is 0 Å². The summed E-state index contributed by atoms with van der Waals surface area (Å²) in [6.45, 7) is 3.37. The number of carbonyl (C=O) groups is 3. The van der Waals surface area contributed by atoms with Crippen LogP contribution in [0.1, 0.15) is 55.8 Å². The molecule has 0 radical (unpaired) electrons. The van der Waals surface area contributed by atoms with Gasteiger partial charge < -0.3 is 25.5 Å². The molecular weight excluding hydrogens is 532 g/mol. The number of ketones is 1. The minimum absolute atomic E-state index is 0.189. The maximum atomic E-state index is 13.6. The van der Waals surface area contributed by atoms with Crippen molar-refractivity contribution in [2.45, 2.75) is 57.4 Å². The number of benzene rings is 1. The zero-order valence-electron chi connectivity index (χ0n) is 23.2. The van der Waals surface area contributed by atoms with Crippen LogP contribution < -0.4 is 20.4 Å². The standard InChI is InChI=1S/C30H37F2N5O4/c1-20(18-38)27(24(40)19-39)33-21-5-6-22(23(17-21)36-13-9-29(7-8-29)10-14-36)28(41)35-25-3-2-4-26(34-25)37-15-11-30(31,32)12-16-37/h2-6,17,19-20,27,33,38H,7-16,18H2,1H3,(H,34,35,41)/t20-,27?/m0/s1. The Morgan fingerprint density at radius 1 is 1.02 bits per heavy atom. The number of aromatic nitrogens is 1. The van der Waals surface area contributed by atoms with E-state index < -0.39 is 23.7 Å². The number of anilines is 4. The summed E-state index contributed by atoms with van der Waals surface area (Å²) in [5.74, 6) is -3.32. The number of hydrogen-bond donors (Lipinski definition) is 3. The van der Waals surface area contributed by atoms with Gasteiger partial charge in [-0.15, -0.1) is 0 Å². The third-order valence-corrected chi connectivity index (χ3v) is 8.76. The summed E-state index contributed by atoms with van der Waals surface area (Å²) in [5, 5.41) is 15.6. The number of aliphatic hydroxyl groups is 1. The van der Waals surface area contributed by atoms with Crippen LogP contribution in [-0.4, -0.2) is 72.8 Å². The van der Waals surface area contributed by atoms with Crippen molar-refractivity contribution in [3.05, 3.63) is 42.0 Å². The average Bonchev–Trinajstić information content (AvgIpc) is 3.73. The molecule has 3 N–H and O–H groups in total. The minimum atomic E-state index is -2.66. The molecule has 2 saturated heterocycles. The maximum Gasteiger partial charge on any atom is 0.258 e. The van der Waals surface area contributed by atoms with Crippen LogP contribution in [0.15, 0.2) is 36.4 Å². The molecule has 1 unspecified atom stereocenters. The highest BCUT2D eigenvalue weighted by Crippen LogP contribution is 2.54. The van der Waals surface area contributed by atoms with Crippen molar-refractivity contribution < 1.29 is 28.3 Å². The zero-order valence-corrected chi connectivity index (χ0v) is 23.2. The molecule has 3 heterocycles. The number of nitrogens with one attached hydrogen (secondary N) is 2. The Morgan fingerprint density at radius 3 is 2.34 bits per heavy atom. The molecule has 0 bridgehead atoms. The largest absolute Gasteiger partial charge is 0.396 e. The smallest absolute Gasteiger partial charge is 0.258 e. The van der Waals surface area contributed by atoms with Crippen molar-refractivity contribution >= 4 is 41.0 Å². The summed E-state index contributed by atoms with van der Waals surface area (Å²) in [5.41, 5.74) is 2.12. The molecule has 2 aromatic rings. The third-order valence-electron chi connectivity index (χ3n) is 8.76. The minimum Gasteiger partial charge on any atom is -0.396 e. The first kappa shape index (κ1) is 28.9. The van der Waals surface area contributed by atoms with Crippen molar-refractivity contribution in [3.8, 4) is 0 Å². The molecule has 2 aliphatic heterocycles. The Morgan fingerprint density at radius 2 is 1.71 bits per heavy atom. The predicted octanol–water partition coefficient (Wildman–Crippen LogP) is 4.13. The highest BCUT2D eigenvalue weighted by Gasteiger charge is 2.44. The third kappa shape index (κ3) is 6.66. The molecule has 1 saturated carbocycles. The number of carbonyl (C=O) groups excluding carboxylic acids is 3. The molecule has 9 nitrogen and oxygen atoms in total. The fraction of sp³-hybridized carbons (Fsp3) is 0.533. The molecule has 1 aromatic heterocycles. The second-order valence-electron chi connectivity index (χ2n) is 11.7. The van der Waals surface area contributed by atoms with E-state index in [2.05, 4.69) is 20.5 Å². The number of aliphatic hydroxyl groups excluding tert-OH is 1. The lowest BCUT2D eigenvalue weighted by atomic mass is 9.92. The van der Waals surface area contributed by atoms with Gasteiger partial charge in [-0.3, -0.25) is 14.4 Å². The van der Waals surface area contributed by atoms with Gasteiger partial charge in [0.1, 0.15) is 11.6 Å². The number of alkyl halides is 2. The highest BCUT2D eigenvalue weighted by atomic mass is 19.3. The number of amides is 1. The molecule has 1 aromatic carbocycles. The maximum absolute atomic E-state index is 13.6. The summed E-state index contributed by atoms with van der Waals surface area (Å²) < 4.78 is 27.3. The van der Waals surface area contributed by atoms with Crippen LogP contribution in [0.4, 0.5) is 31.8 Å². The van der Waals surface area contributed by atoms with Crippen molar-refractivity contribution in [2.75, 3.05) is 53.2 Å². The number of Topliss-reactive ketones (excluding diaryl/α,β-unsaturated/α-hetero) is 1. The van der Waals surface area contributed by atoms with Gasteiger partial charge in [-0.1, -0.05) is 13.0 Å². The Hall–Kier alpha value is -3.60. The van der Waals surface area contributed by atoms with Crippen molar-refractivity contribution in [3.63, 3.8) is 0 Å². The van der Waals surface area contributed by atoms with Gasteiger partial charge in [0.2, 0.25) is 5.78 Å². The molecule has 1 spiro atoms. The normalized spacial score (nSPS) is 20.7. The average molecular weight is 570 g/mol. The van der Waals surface area contributed by atoms with Crippen molar-refractivity contribution in [1.82, 2.24) is 4.98 Å². The van der Waals surface area contributed by atoms with E-state index in [0.29, 0.717) is 34.0 Å². The summed E-state index contributed by atoms with van der Waals surface area (Å²) in [4.78, 5) is 45.6. The van der Waals surface area contributed by atoms with E-state index in [-0.39, 0.29) is 44.7 Å². The fourth-order valence-electron chi connectivity index (χ4n) is 5.74. The van der Waals surface area contributed by atoms with Gasteiger partial charge in [-0.2, -0.15) is 0 Å². The van der Waals surface area contributed by atoms with Crippen LogP contribution in [-0.2, 0) is 9.59 Å². The number of halogens is 2. The molecule has 11 heteroatoms. The Kier molecular flexibility index (Phi) is 8.26. The topological polar surface area (TPSA) is 115 Å². The van der Waals surface area contributed by atoms with Gasteiger partial charge in [0, 0.05) is 57.2 Å². The first-order valence-electron chi connectivity index (χ1n) is 14.3. The Balaban J connectivity index is 1.38. The van der Waals surface area contributed by atoms with Crippen LogP contribution in [0.2, 0.25) is 0 Å². The number of nitrogens with zero attached hydrogens (tertiary/aromatic N) is 3. The lowest BCUT2D eigenvalue weighted by Gasteiger charge is -2.35. The number of rotatable bonds is 10. The molecule has 41 heavy (non-hydrogen) atoms. The SMILES string of the molecule is C[C@@H](CO)C(Nc1ccc(C(=O)Nc2cccc(N3CCC(F)(F)CC3)n2)c(N2CCC3(CC2)CC3)c1)C(=O)C=O. The number of piperidine rings is 2. The predicted molar refractivity (Wildman–Crippen MR) is 153 cm³/mol. The van der Waals surface area contributed by atoms with Crippen LogP contribution >= 0.6 is 0 Å². The van der Waals surface area contributed by atoms with Gasteiger partial charge in [0.15, 0.2) is 6.29 Å². The molecule has 2 atom stereocenters. The van der Waals surface area contributed by atoms with Gasteiger partial charge in [-0.05, 0) is 61.4 Å². The van der Waals surface area contributed by atoms with E-state index in [0.717, 1.165) is 25.9 Å². The Bertz CT molecular complexity index is 1280. The molecule has 3 aliphatic rings. The van der Waals surface area contributed by atoms with Crippen molar-refractivity contribution in [1.29, 1.82) is 0 Å². The van der Waals surface area contributed by atoms with E-state index in [1.165, 1.54) is 12.8 Å². The lowest BCUT2D eigenvalue weighted by Crippen LogP contribution is -2.39. The summed E-state index contributed by atoms with van der Waals surface area (Å²) in [6, 6.07) is 9.42. The summed E-state index contributed by atoms with van der Waals surface area (Å²) in [7, 11) is 0. The number of hydrogen-bond acceptors (Lipinski definition) is 8. The first-order chi connectivity index (χ1) is 19.6. The lowest BCUT2D eigenvalue weighted by molar-refractivity contribution is -0.131. The van der Waals surface area contributed by atoms with E-state index in [1.54, 1.807) is 42.2 Å². The second kappa shape index (κ2) is 11.7. The summed E-state index contributed by atoms with van der Waals surface area (Å²) >= 11 is 0. The van der Waals surface area contributed by atoms with Crippen LogP contribution in [0, 0.1) is 11.3 Å². The number of aldehydes is 1. The van der Waals surface area contributed by atoms with Crippen LogP contribution in [0.25, 0.3) is 0 Å². The molecule has 3 fully saturated rings. The zero-order chi connectivity index (χ0) is 29.2. The first-order valence-corrected chi connectivity index (χ1v) is 14.3. The molecule has 1 amide bonds. The Labute approximate surface area is 238 Å². The second-order valence-corrected chi connectivity index (χ2v) is 11.7. The molecule has 1 aliphatic carbocycles. The number of pyridine rings is 1. The monoisotopic (exact) mass is 569 g/mol. The van der Waals surface area contributed by atoms with Gasteiger partial charge >= 0.3 is 0 Å². The summed E-state index contributed by atoms with van der Waals surface area (Å²) in [6.07, 6.45) is 4.34. The molecule has 5 rings (SSSR count). The van der Waals surface area contributed by atoms with E-state index in [9.17, 15) is 28.3 Å². The van der Waals surface area contributed by atoms with E-state index in [1.807, 2.05) is 6.07 Å². The van der Waals surface area contributed by atoms with E-state index >= 15 is 0 Å².